The first-order valence-corrected chi connectivity index (χ1v) is 27.9. The number of ether oxygens (including phenoxy) is 2. The Kier molecular flexibility index (Phi) is 27.8. The summed E-state index contributed by atoms with van der Waals surface area (Å²) in [7, 11) is 0. The zero-order chi connectivity index (χ0) is 42.3. The summed E-state index contributed by atoms with van der Waals surface area (Å²) in [4.78, 5) is 2.75. The summed E-state index contributed by atoms with van der Waals surface area (Å²) in [5, 5.41) is 5.37. The van der Waals surface area contributed by atoms with Gasteiger partial charge >= 0.3 is 0 Å². The Morgan fingerprint density at radius 2 is 0.533 bits per heavy atom. The van der Waals surface area contributed by atoms with Gasteiger partial charge in [0.15, 0.2) is 11.5 Å². The van der Waals surface area contributed by atoms with E-state index in [2.05, 4.69) is 52.0 Å². The van der Waals surface area contributed by atoms with Crippen LogP contribution < -0.4 is 9.47 Å². The quantitative estimate of drug-likeness (QED) is 0.0415. The van der Waals surface area contributed by atoms with Crippen molar-refractivity contribution < 1.29 is 9.47 Å². The lowest BCUT2D eigenvalue weighted by Crippen LogP contribution is -2.03. The number of rotatable bonds is 40. The molecule has 0 atom stereocenters. The summed E-state index contributed by atoms with van der Waals surface area (Å²) in [6.45, 7) is 10.6. The molecule has 0 saturated carbocycles. The SMILES string of the molecule is CCCCCCCCCCCCCCCCCCCCOc1cc2c(cc1OCCCCCCCCCCCCCCCCCCCC)c1cc(C)sc1c1sc(C)cc21. The third-order valence-electron chi connectivity index (χ3n) is 13.1. The topological polar surface area (TPSA) is 18.5 Å². The van der Waals surface area contributed by atoms with Crippen molar-refractivity contribution in [3.8, 4) is 11.5 Å². The predicted octanol–water partition coefficient (Wildman–Crippen LogP) is 20.7. The molecule has 4 rings (SSSR count). The molecule has 0 amide bonds. The van der Waals surface area contributed by atoms with Crippen LogP contribution in [0, 0.1) is 13.8 Å². The van der Waals surface area contributed by atoms with Gasteiger partial charge in [-0.05, 0) is 61.7 Å². The van der Waals surface area contributed by atoms with Crippen LogP contribution in [0.15, 0.2) is 24.3 Å². The van der Waals surface area contributed by atoms with Crippen LogP contribution in [-0.4, -0.2) is 13.2 Å². The molecule has 60 heavy (non-hydrogen) atoms. The molecular weight excluding hydrogens is 769 g/mol. The minimum Gasteiger partial charge on any atom is -0.490 e. The Morgan fingerprint density at radius 1 is 0.300 bits per heavy atom. The summed E-state index contributed by atoms with van der Waals surface area (Å²) < 4.78 is 16.1. The molecule has 0 unspecified atom stereocenters. The van der Waals surface area contributed by atoms with Crippen LogP contribution in [0.1, 0.15) is 255 Å². The van der Waals surface area contributed by atoms with E-state index in [0.717, 1.165) is 37.6 Å². The molecule has 2 nitrogen and oxygen atoms in total. The van der Waals surface area contributed by atoms with E-state index in [4.69, 9.17) is 9.47 Å². The van der Waals surface area contributed by atoms with Gasteiger partial charge in [0, 0.05) is 20.5 Å². The highest BCUT2D eigenvalue weighted by molar-refractivity contribution is 7.27. The fourth-order valence-electron chi connectivity index (χ4n) is 9.37. The molecular formula is C56H92O2S2. The second-order valence-corrected chi connectivity index (χ2v) is 21.3. The summed E-state index contributed by atoms with van der Waals surface area (Å²) >= 11 is 3.87. The molecule has 0 spiro atoms. The lowest BCUT2D eigenvalue weighted by atomic mass is 10.0. The van der Waals surface area contributed by atoms with Crippen molar-refractivity contribution in [3.05, 3.63) is 34.0 Å². The van der Waals surface area contributed by atoms with Gasteiger partial charge in [0.05, 0.1) is 22.6 Å². The third kappa shape index (κ3) is 20.2. The molecule has 2 heterocycles. The Balaban J connectivity index is 1.11. The first-order chi connectivity index (χ1) is 29.6. The molecule has 0 fully saturated rings. The fraction of sp³-hybridized carbons (Fsp3) is 0.750. The number of unbranched alkanes of at least 4 members (excludes halogenated alkanes) is 34. The zero-order valence-corrected chi connectivity index (χ0v) is 41.4. The first-order valence-electron chi connectivity index (χ1n) is 26.3. The third-order valence-corrected chi connectivity index (χ3v) is 15.4. The Labute approximate surface area is 378 Å². The van der Waals surface area contributed by atoms with E-state index in [-0.39, 0.29) is 0 Å². The van der Waals surface area contributed by atoms with Crippen molar-refractivity contribution in [3.63, 3.8) is 0 Å². The van der Waals surface area contributed by atoms with E-state index in [9.17, 15) is 0 Å². The minimum atomic E-state index is 0.769. The molecule has 0 saturated heterocycles. The van der Waals surface area contributed by atoms with Crippen LogP contribution >= 0.6 is 22.7 Å². The van der Waals surface area contributed by atoms with E-state index in [1.54, 1.807) is 0 Å². The van der Waals surface area contributed by atoms with Crippen LogP contribution in [-0.2, 0) is 0 Å². The van der Waals surface area contributed by atoms with E-state index in [1.165, 1.54) is 259 Å². The summed E-state index contributed by atoms with van der Waals surface area (Å²) in [5.41, 5.74) is 0. The van der Waals surface area contributed by atoms with Gasteiger partial charge < -0.3 is 9.47 Å². The molecule has 0 aliphatic heterocycles. The highest BCUT2D eigenvalue weighted by atomic mass is 32.1. The van der Waals surface area contributed by atoms with Crippen LogP contribution in [0.5, 0.6) is 11.5 Å². The largest absolute Gasteiger partial charge is 0.490 e. The van der Waals surface area contributed by atoms with Crippen molar-refractivity contribution >= 4 is 53.6 Å². The summed E-state index contributed by atoms with van der Waals surface area (Å²) in [6, 6.07) is 9.40. The van der Waals surface area contributed by atoms with Gasteiger partial charge in [0.25, 0.3) is 0 Å². The van der Waals surface area contributed by atoms with Gasteiger partial charge in [-0.25, -0.2) is 0 Å². The second kappa shape index (κ2) is 32.8. The maximum atomic E-state index is 6.62. The minimum absolute atomic E-state index is 0.769. The maximum Gasteiger partial charge on any atom is 0.161 e. The maximum absolute atomic E-state index is 6.62. The van der Waals surface area contributed by atoms with Crippen LogP contribution in [0.2, 0.25) is 0 Å². The van der Waals surface area contributed by atoms with E-state index in [0.29, 0.717) is 0 Å². The molecule has 4 aromatic rings. The molecule has 2 aromatic heterocycles. The molecule has 0 N–H and O–H groups in total. The molecule has 4 heteroatoms. The lowest BCUT2D eigenvalue weighted by Gasteiger charge is -2.15. The van der Waals surface area contributed by atoms with Crippen LogP contribution in [0.4, 0.5) is 0 Å². The zero-order valence-electron chi connectivity index (χ0n) is 39.8. The van der Waals surface area contributed by atoms with E-state index in [1.807, 2.05) is 22.7 Å². The van der Waals surface area contributed by atoms with Gasteiger partial charge in [-0.3, -0.25) is 0 Å². The average molecular weight is 861 g/mol. The molecule has 0 aliphatic rings. The molecule has 0 aliphatic carbocycles. The summed E-state index contributed by atoms with van der Waals surface area (Å²) in [6.07, 6.45) is 50.3. The van der Waals surface area contributed by atoms with Crippen molar-refractivity contribution in [1.82, 2.24) is 0 Å². The van der Waals surface area contributed by atoms with Gasteiger partial charge in [0.2, 0.25) is 0 Å². The summed E-state index contributed by atoms with van der Waals surface area (Å²) in [5.74, 6) is 1.88. The Bertz CT molecular complexity index is 1530. The number of hydrogen-bond acceptors (Lipinski definition) is 4. The number of aryl methyl sites for hydroxylation is 2. The van der Waals surface area contributed by atoms with Crippen LogP contribution in [0.3, 0.4) is 0 Å². The highest BCUT2D eigenvalue weighted by Gasteiger charge is 2.17. The van der Waals surface area contributed by atoms with Gasteiger partial charge in [-0.1, -0.05) is 232 Å². The van der Waals surface area contributed by atoms with Crippen molar-refractivity contribution in [2.45, 2.75) is 259 Å². The Morgan fingerprint density at radius 3 is 0.783 bits per heavy atom. The second-order valence-electron chi connectivity index (χ2n) is 18.8. The Hall–Kier alpha value is -1.78. The van der Waals surface area contributed by atoms with Crippen molar-refractivity contribution in [2.75, 3.05) is 13.2 Å². The monoisotopic (exact) mass is 861 g/mol. The number of hydrogen-bond donors (Lipinski definition) is 0. The molecule has 340 valence electrons. The molecule has 0 radical (unpaired) electrons. The number of fused-ring (bicyclic) bond motifs is 6. The van der Waals surface area contributed by atoms with E-state index < -0.39 is 0 Å². The van der Waals surface area contributed by atoms with Gasteiger partial charge in [-0.2, -0.15) is 0 Å². The average Bonchev–Trinajstić information content (AvgIpc) is 3.84. The number of benzene rings is 2. The number of thiophene rings is 2. The standard InChI is InChI=1S/C56H92O2S2/c1-5-7-9-11-13-15-17-19-21-23-25-27-29-31-33-35-37-39-41-57-53-45-49-50(52-44-48(4)60-56(52)55-51(49)43-47(3)59-55)46-54(53)58-42-40-38-36-34-32-30-28-26-24-22-20-18-16-14-12-10-8-6-2/h43-46H,5-42H2,1-4H3. The van der Waals surface area contributed by atoms with Crippen LogP contribution in [0.25, 0.3) is 30.9 Å². The van der Waals surface area contributed by atoms with Crippen molar-refractivity contribution in [1.29, 1.82) is 0 Å². The van der Waals surface area contributed by atoms with E-state index >= 15 is 0 Å². The highest BCUT2D eigenvalue weighted by Crippen LogP contribution is 2.46. The fourth-order valence-corrected chi connectivity index (χ4v) is 11.6. The van der Waals surface area contributed by atoms with Gasteiger partial charge in [-0.15, -0.1) is 22.7 Å². The predicted molar refractivity (Wildman–Crippen MR) is 273 cm³/mol. The molecule has 2 aromatic carbocycles. The van der Waals surface area contributed by atoms with Gasteiger partial charge in [0.1, 0.15) is 0 Å². The smallest absolute Gasteiger partial charge is 0.161 e. The lowest BCUT2D eigenvalue weighted by molar-refractivity contribution is 0.259. The molecule has 0 bridgehead atoms. The first kappa shape index (κ1) is 50.9. The van der Waals surface area contributed by atoms with Crippen molar-refractivity contribution in [2.24, 2.45) is 0 Å². The normalized spacial score (nSPS) is 11.9.